The lowest BCUT2D eigenvalue weighted by Crippen LogP contribution is -2.57. The summed E-state index contributed by atoms with van der Waals surface area (Å²) in [5.74, 6) is -0.513. The zero-order valence-corrected chi connectivity index (χ0v) is 11.9. The number of nitrogens with one attached hydrogen (secondary N) is 3. The van der Waals surface area contributed by atoms with Crippen LogP contribution in [0.3, 0.4) is 0 Å². The van der Waals surface area contributed by atoms with E-state index in [4.69, 9.17) is 0 Å². The van der Waals surface area contributed by atoms with E-state index < -0.39 is 23.5 Å². The first-order valence-corrected chi connectivity index (χ1v) is 6.33. The van der Waals surface area contributed by atoms with Crippen LogP contribution in [0, 0.1) is 0 Å². The van der Waals surface area contributed by atoms with Gasteiger partial charge in [0, 0.05) is 18.6 Å². The number of rotatable bonds is 2. The van der Waals surface area contributed by atoms with Crippen LogP contribution < -0.4 is 16.0 Å². The average molecular weight is 270 g/mol. The second kappa shape index (κ2) is 6.01. The molecule has 7 heteroatoms. The van der Waals surface area contributed by atoms with Crippen molar-refractivity contribution < 1.29 is 14.4 Å². The molecule has 108 valence electrons. The quantitative estimate of drug-likeness (QED) is 0.627. The van der Waals surface area contributed by atoms with Crippen molar-refractivity contribution in [2.24, 2.45) is 0 Å². The molecule has 1 rings (SSSR count). The number of carbonyl (C=O) groups is 3. The van der Waals surface area contributed by atoms with E-state index in [2.05, 4.69) is 16.0 Å². The Kier molecular flexibility index (Phi) is 4.88. The highest BCUT2D eigenvalue weighted by atomic mass is 16.2. The largest absolute Gasteiger partial charge is 0.354 e. The summed E-state index contributed by atoms with van der Waals surface area (Å²) in [4.78, 5) is 36.5. The molecular formula is C12H22N4O3. The van der Waals surface area contributed by atoms with Gasteiger partial charge in [0.1, 0.15) is 0 Å². The molecule has 1 atom stereocenters. The van der Waals surface area contributed by atoms with Gasteiger partial charge in [-0.1, -0.05) is 0 Å². The fourth-order valence-electron chi connectivity index (χ4n) is 1.74. The van der Waals surface area contributed by atoms with Gasteiger partial charge in [0.25, 0.3) is 0 Å². The van der Waals surface area contributed by atoms with Gasteiger partial charge in [-0.25, -0.2) is 4.79 Å². The van der Waals surface area contributed by atoms with Crippen molar-refractivity contribution in [3.8, 4) is 0 Å². The number of piperazine rings is 1. The standard InChI is InChI=1S/C12H22N4O3/c1-8(16-6-5-13-9(17)7-16)10(18)14-11(19)15-12(2,3)4/h8H,5-7H2,1-4H3,(H,13,17)(H2,14,15,18,19). The van der Waals surface area contributed by atoms with Crippen molar-refractivity contribution in [2.45, 2.75) is 39.3 Å². The van der Waals surface area contributed by atoms with Crippen LogP contribution in [-0.4, -0.2) is 54.0 Å². The van der Waals surface area contributed by atoms with E-state index in [9.17, 15) is 14.4 Å². The van der Waals surface area contributed by atoms with Gasteiger partial charge in [0.15, 0.2) is 0 Å². The Balaban J connectivity index is 2.48. The molecule has 0 saturated carbocycles. The highest BCUT2D eigenvalue weighted by Gasteiger charge is 2.27. The molecule has 1 heterocycles. The van der Waals surface area contributed by atoms with Crippen molar-refractivity contribution in [2.75, 3.05) is 19.6 Å². The molecule has 1 saturated heterocycles. The van der Waals surface area contributed by atoms with Crippen LogP contribution in [0.4, 0.5) is 4.79 Å². The van der Waals surface area contributed by atoms with Crippen LogP contribution in [-0.2, 0) is 9.59 Å². The van der Waals surface area contributed by atoms with Crippen molar-refractivity contribution >= 4 is 17.8 Å². The first-order chi connectivity index (χ1) is 8.69. The SMILES string of the molecule is CC(C(=O)NC(=O)NC(C)(C)C)N1CCNC(=O)C1. The summed E-state index contributed by atoms with van der Waals surface area (Å²) < 4.78 is 0. The molecule has 1 aliphatic heterocycles. The molecule has 19 heavy (non-hydrogen) atoms. The second-order valence-corrected chi connectivity index (χ2v) is 5.69. The molecule has 0 bridgehead atoms. The summed E-state index contributed by atoms with van der Waals surface area (Å²) >= 11 is 0. The topological polar surface area (TPSA) is 90.5 Å². The summed E-state index contributed by atoms with van der Waals surface area (Å²) in [6, 6.07) is -1.04. The molecule has 7 nitrogen and oxygen atoms in total. The maximum absolute atomic E-state index is 11.9. The molecular weight excluding hydrogens is 248 g/mol. The Morgan fingerprint density at radius 1 is 1.37 bits per heavy atom. The summed E-state index contributed by atoms with van der Waals surface area (Å²) in [6.45, 7) is 8.46. The van der Waals surface area contributed by atoms with E-state index >= 15 is 0 Å². The summed E-state index contributed by atoms with van der Waals surface area (Å²) in [7, 11) is 0. The number of hydrogen-bond donors (Lipinski definition) is 3. The lowest BCUT2D eigenvalue weighted by atomic mass is 10.1. The third-order valence-corrected chi connectivity index (χ3v) is 2.72. The van der Waals surface area contributed by atoms with Crippen LogP contribution in [0.1, 0.15) is 27.7 Å². The zero-order valence-electron chi connectivity index (χ0n) is 11.9. The molecule has 3 N–H and O–H groups in total. The molecule has 1 aliphatic rings. The van der Waals surface area contributed by atoms with E-state index in [-0.39, 0.29) is 12.5 Å². The van der Waals surface area contributed by atoms with Gasteiger partial charge < -0.3 is 10.6 Å². The van der Waals surface area contributed by atoms with Crippen LogP contribution in [0.2, 0.25) is 0 Å². The van der Waals surface area contributed by atoms with Crippen LogP contribution in [0.25, 0.3) is 0 Å². The normalized spacial score (nSPS) is 18.4. The van der Waals surface area contributed by atoms with Crippen molar-refractivity contribution in [3.63, 3.8) is 0 Å². The monoisotopic (exact) mass is 270 g/mol. The Bertz CT molecular complexity index is 376. The summed E-state index contributed by atoms with van der Waals surface area (Å²) in [6.07, 6.45) is 0. The van der Waals surface area contributed by atoms with Crippen LogP contribution in [0.5, 0.6) is 0 Å². The summed E-state index contributed by atoms with van der Waals surface area (Å²) in [5.41, 5.74) is -0.404. The number of urea groups is 1. The average Bonchev–Trinajstić information content (AvgIpc) is 2.25. The molecule has 1 fully saturated rings. The van der Waals surface area contributed by atoms with Gasteiger partial charge in [-0.15, -0.1) is 0 Å². The van der Waals surface area contributed by atoms with Gasteiger partial charge in [0.2, 0.25) is 11.8 Å². The molecule has 0 aliphatic carbocycles. The van der Waals surface area contributed by atoms with Crippen molar-refractivity contribution in [3.05, 3.63) is 0 Å². The number of nitrogens with zero attached hydrogens (tertiary/aromatic N) is 1. The lowest BCUT2D eigenvalue weighted by Gasteiger charge is -2.31. The molecule has 1 unspecified atom stereocenters. The van der Waals surface area contributed by atoms with Gasteiger partial charge in [-0.3, -0.25) is 19.8 Å². The fourth-order valence-corrected chi connectivity index (χ4v) is 1.74. The minimum Gasteiger partial charge on any atom is -0.354 e. The van der Waals surface area contributed by atoms with Crippen molar-refractivity contribution in [1.29, 1.82) is 0 Å². The Labute approximate surface area is 113 Å². The Morgan fingerprint density at radius 3 is 2.53 bits per heavy atom. The number of amides is 4. The van der Waals surface area contributed by atoms with Gasteiger partial charge in [-0.05, 0) is 27.7 Å². The molecule has 0 radical (unpaired) electrons. The molecule has 0 aromatic carbocycles. The number of hydrogen-bond acceptors (Lipinski definition) is 4. The molecule has 4 amide bonds. The highest BCUT2D eigenvalue weighted by molar-refractivity contribution is 5.97. The van der Waals surface area contributed by atoms with Gasteiger partial charge >= 0.3 is 6.03 Å². The van der Waals surface area contributed by atoms with Gasteiger partial charge in [-0.2, -0.15) is 0 Å². The Morgan fingerprint density at radius 2 is 2.00 bits per heavy atom. The fraction of sp³-hybridized carbons (Fsp3) is 0.750. The third kappa shape index (κ3) is 5.25. The smallest absolute Gasteiger partial charge is 0.321 e. The van der Waals surface area contributed by atoms with Crippen LogP contribution >= 0.6 is 0 Å². The number of carbonyl (C=O) groups excluding carboxylic acids is 3. The summed E-state index contributed by atoms with van der Waals surface area (Å²) in [5, 5.41) is 7.62. The zero-order chi connectivity index (χ0) is 14.6. The minimum atomic E-state index is -0.522. The third-order valence-electron chi connectivity index (χ3n) is 2.72. The minimum absolute atomic E-state index is 0.106. The van der Waals surface area contributed by atoms with Crippen molar-refractivity contribution in [1.82, 2.24) is 20.9 Å². The molecule has 0 spiro atoms. The van der Waals surface area contributed by atoms with E-state index in [0.29, 0.717) is 13.1 Å². The first kappa shape index (κ1) is 15.4. The second-order valence-electron chi connectivity index (χ2n) is 5.69. The van der Waals surface area contributed by atoms with E-state index in [1.54, 1.807) is 11.8 Å². The highest BCUT2D eigenvalue weighted by Crippen LogP contribution is 2.02. The Hall–Kier alpha value is -1.63. The van der Waals surface area contributed by atoms with Crippen LogP contribution in [0.15, 0.2) is 0 Å². The van der Waals surface area contributed by atoms with E-state index in [1.165, 1.54) is 0 Å². The van der Waals surface area contributed by atoms with E-state index in [1.807, 2.05) is 20.8 Å². The number of imide groups is 1. The predicted octanol–water partition coefficient (Wildman–Crippen LogP) is -0.569. The maximum atomic E-state index is 11.9. The molecule has 0 aromatic rings. The predicted molar refractivity (Wildman–Crippen MR) is 70.5 cm³/mol. The van der Waals surface area contributed by atoms with Gasteiger partial charge in [0.05, 0.1) is 12.6 Å². The maximum Gasteiger partial charge on any atom is 0.321 e. The molecule has 0 aromatic heterocycles. The first-order valence-electron chi connectivity index (χ1n) is 6.33. The van der Waals surface area contributed by atoms with E-state index in [0.717, 1.165) is 0 Å². The lowest BCUT2D eigenvalue weighted by molar-refractivity contribution is -0.129.